The molecule has 1 fully saturated rings. The smallest absolute Gasteiger partial charge is 0.250 e. The van der Waals surface area contributed by atoms with Gasteiger partial charge in [-0.15, -0.1) is 11.8 Å². The highest BCUT2D eigenvalue weighted by Gasteiger charge is 2.43. The topological polar surface area (TPSA) is 120 Å². The number of ether oxygens (including phenoxy) is 3. The maximum Gasteiger partial charge on any atom is 0.250 e. The van der Waals surface area contributed by atoms with Gasteiger partial charge in [-0.25, -0.2) is 0 Å². The predicted molar refractivity (Wildman–Crippen MR) is 174 cm³/mol. The molecule has 0 spiro atoms. The third-order valence-corrected chi connectivity index (χ3v) is 8.57. The summed E-state index contributed by atoms with van der Waals surface area (Å²) in [6.07, 6.45) is 0.580. The fraction of sp³-hybridized carbons (Fsp3) is 0.303. The summed E-state index contributed by atoms with van der Waals surface area (Å²) in [7, 11) is 1.59. The molecule has 1 heterocycles. The lowest BCUT2D eigenvalue weighted by atomic mass is 10.1. The molecule has 1 aliphatic rings. The summed E-state index contributed by atoms with van der Waals surface area (Å²) >= 11 is 7.73. The van der Waals surface area contributed by atoms with Crippen molar-refractivity contribution in [3.8, 4) is 17.2 Å². The van der Waals surface area contributed by atoms with Crippen molar-refractivity contribution >= 4 is 46.8 Å². The van der Waals surface area contributed by atoms with Crippen LogP contribution in [0, 0.1) is 0 Å². The molecular formula is C33H36ClN3O6S. The normalized spacial score (nSPS) is 16.0. The minimum Gasteiger partial charge on any atom is -0.493 e. The number of rotatable bonds is 14. The summed E-state index contributed by atoms with van der Waals surface area (Å²) in [5.41, 5.74) is 8.81. The number of hydrogen-bond acceptors (Lipinski definition) is 7. The van der Waals surface area contributed by atoms with Crippen molar-refractivity contribution in [2.24, 2.45) is 5.73 Å². The highest BCUT2D eigenvalue weighted by molar-refractivity contribution is 8.01. The van der Waals surface area contributed by atoms with Gasteiger partial charge in [-0.05, 0) is 79.4 Å². The van der Waals surface area contributed by atoms with Crippen molar-refractivity contribution in [2.45, 2.75) is 37.3 Å². The maximum absolute atomic E-state index is 13.8. The molecule has 3 N–H and O–H groups in total. The van der Waals surface area contributed by atoms with Crippen LogP contribution in [0.5, 0.6) is 17.2 Å². The van der Waals surface area contributed by atoms with E-state index in [0.29, 0.717) is 49.1 Å². The maximum atomic E-state index is 13.8. The van der Waals surface area contributed by atoms with Gasteiger partial charge < -0.3 is 25.3 Å². The molecule has 44 heavy (non-hydrogen) atoms. The van der Waals surface area contributed by atoms with Crippen LogP contribution >= 0.6 is 23.4 Å². The van der Waals surface area contributed by atoms with Crippen molar-refractivity contribution in [1.29, 1.82) is 0 Å². The van der Waals surface area contributed by atoms with Crippen LogP contribution in [0.1, 0.15) is 47.1 Å². The molecule has 1 saturated heterocycles. The standard InChI is InChI=1S/C33H36ClN3O6S/c1-5-42-28-16-21(6-13-27(28)41-4)14-15-36-30(38)18-29-32(40)37(23-9-12-25(31(35)39)26(34)17-23)33(44-29)22-7-10-24(11-8-22)43-19-20(2)3/h6-13,16-17,29,33H,2,5,14-15,18-19H2,1,3-4H3,(H2,35,39)(H,36,38). The number of nitrogens with one attached hydrogen (secondary N) is 1. The van der Waals surface area contributed by atoms with Gasteiger partial charge >= 0.3 is 0 Å². The van der Waals surface area contributed by atoms with Gasteiger partial charge in [0.05, 0.1) is 29.6 Å². The van der Waals surface area contributed by atoms with E-state index in [1.807, 2.05) is 56.3 Å². The molecule has 3 aromatic carbocycles. The number of carbonyl (C=O) groups excluding carboxylic acids is 3. The second kappa shape index (κ2) is 15.0. The number of amides is 3. The molecule has 0 bridgehead atoms. The Labute approximate surface area is 266 Å². The quantitative estimate of drug-likeness (QED) is 0.218. The summed E-state index contributed by atoms with van der Waals surface area (Å²) in [6, 6.07) is 17.8. The Hall–Kier alpha value is -4.15. The van der Waals surface area contributed by atoms with Crippen LogP contribution in [-0.4, -0.2) is 49.8 Å². The zero-order chi connectivity index (χ0) is 31.8. The first-order chi connectivity index (χ1) is 21.1. The number of halogens is 1. The number of nitrogens with two attached hydrogens (primary N) is 1. The van der Waals surface area contributed by atoms with E-state index in [0.717, 1.165) is 16.7 Å². The molecule has 0 radical (unpaired) electrons. The van der Waals surface area contributed by atoms with E-state index in [1.165, 1.54) is 17.8 Å². The van der Waals surface area contributed by atoms with E-state index in [1.54, 1.807) is 24.1 Å². The van der Waals surface area contributed by atoms with Crippen LogP contribution in [0.25, 0.3) is 0 Å². The molecular weight excluding hydrogens is 602 g/mol. The highest BCUT2D eigenvalue weighted by Crippen LogP contribution is 2.47. The van der Waals surface area contributed by atoms with Crippen LogP contribution in [0.15, 0.2) is 72.8 Å². The molecule has 11 heteroatoms. The number of anilines is 1. The van der Waals surface area contributed by atoms with Crippen molar-refractivity contribution in [1.82, 2.24) is 5.32 Å². The fourth-order valence-electron chi connectivity index (χ4n) is 4.69. The molecule has 3 amide bonds. The molecule has 9 nitrogen and oxygen atoms in total. The molecule has 4 rings (SSSR count). The van der Waals surface area contributed by atoms with Gasteiger partial charge in [-0.2, -0.15) is 0 Å². The first-order valence-corrected chi connectivity index (χ1v) is 15.4. The minimum absolute atomic E-state index is 0.00375. The van der Waals surface area contributed by atoms with Crippen LogP contribution in [-0.2, 0) is 16.0 Å². The number of thioether (sulfide) groups is 1. The van der Waals surface area contributed by atoms with Crippen molar-refractivity contribution in [3.63, 3.8) is 0 Å². The SMILES string of the molecule is C=C(C)COc1ccc(C2SC(CC(=O)NCCc3ccc(OC)c(OCC)c3)C(=O)N2c2ccc(C(N)=O)c(Cl)c2)cc1. The Morgan fingerprint density at radius 2 is 1.82 bits per heavy atom. The fourth-order valence-corrected chi connectivity index (χ4v) is 6.41. The average Bonchev–Trinajstić information content (AvgIpc) is 3.31. The Kier molecular flexibility index (Phi) is 11.2. The van der Waals surface area contributed by atoms with Gasteiger partial charge in [0.15, 0.2) is 11.5 Å². The van der Waals surface area contributed by atoms with Crippen LogP contribution in [0.2, 0.25) is 5.02 Å². The lowest BCUT2D eigenvalue weighted by Gasteiger charge is -2.25. The third-order valence-electron chi connectivity index (χ3n) is 6.82. The van der Waals surface area contributed by atoms with Gasteiger partial charge in [0.1, 0.15) is 17.7 Å². The second-order valence-electron chi connectivity index (χ2n) is 10.3. The molecule has 1 aliphatic heterocycles. The lowest BCUT2D eigenvalue weighted by molar-refractivity contribution is -0.124. The summed E-state index contributed by atoms with van der Waals surface area (Å²) in [4.78, 5) is 40.1. The van der Waals surface area contributed by atoms with Gasteiger partial charge in [-0.1, -0.05) is 36.4 Å². The van der Waals surface area contributed by atoms with Crippen LogP contribution in [0.4, 0.5) is 5.69 Å². The number of primary amides is 1. The first kappa shape index (κ1) is 32.8. The molecule has 0 aliphatic carbocycles. The van der Waals surface area contributed by atoms with Gasteiger partial charge in [0.25, 0.3) is 0 Å². The molecule has 2 unspecified atom stereocenters. The Balaban J connectivity index is 1.48. The number of methoxy groups -OCH3 is 1. The highest BCUT2D eigenvalue weighted by atomic mass is 35.5. The number of carbonyl (C=O) groups is 3. The molecule has 232 valence electrons. The van der Waals surface area contributed by atoms with E-state index in [2.05, 4.69) is 11.9 Å². The summed E-state index contributed by atoms with van der Waals surface area (Å²) in [5, 5.41) is 2.00. The van der Waals surface area contributed by atoms with E-state index in [4.69, 9.17) is 31.5 Å². The molecule has 2 atom stereocenters. The van der Waals surface area contributed by atoms with Gasteiger partial charge in [0.2, 0.25) is 17.7 Å². The van der Waals surface area contributed by atoms with E-state index in [9.17, 15) is 14.4 Å². The number of benzene rings is 3. The largest absolute Gasteiger partial charge is 0.493 e. The molecule has 3 aromatic rings. The average molecular weight is 638 g/mol. The summed E-state index contributed by atoms with van der Waals surface area (Å²) in [5.74, 6) is 0.835. The van der Waals surface area contributed by atoms with Crippen LogP contribution < -0.4 is 30.2 Å². The first-order valence-electron chi connectivity index (χ1n) is 14.1. The minimum atomic E-state index is -0.663. The number of nitrogens with zero attached hydrogens (tertiary/aromatic N) is 1. The van der Waals surface area contributed by atoms with Gasteiger partial charge in [-0.3, -0.25) is 19.3 Å². The van der Waals surface area contributed by atoms with Crippen molar-refractivity contribution < 1.29 is 28.6 Å². The second-order valence-corrected chi connectivity index (χ2v) is 11.9. The van der Waals surface area contributed by atoms with Crippen molar-refractivity contribution in [2.75, 3.05) is 31.8 Å². The molecule has 0 aromatic heterocycles. The predicted octanol–water partition coefficient (Wildman–Crippen LogP) is 5.70. The number of hydrogen-bond donors (Lipinski definition) is 2. The van der Waals surface area contributed by atoms with E-state index < -0.39 is 16.5 Å². The Morgan fingerprint density at radius 1 is 1.07 bits per heavy atom. The van der Waals surface area contributed by atoms with Crippen LogP contribution in [0.3, 0.4) is 0 Å². The Morgan fingerprint density at radius 3 is 2.45 bits per heavy atom. The van der Waals surface area contributed by atoms with Crippen molar-refractivity contribution in [3.05, 3.63) is 94.5 Å². The lowest BCUT2D eigenvalue weighted by Crippen LogP contribution is -2.34. The Bertz CT molecular complexity index is 1530. The third kappa shape index (κ3) is 8.06. The van der Waals surface area contributed by atoms with E-state index in [-0.39, 0.29) is 28.8 Å². The zero-order valence-electron chi connectivity index (χ0n) is 24.9. The van der Waals surface area contributed by atoms with Gasteiger partial charge in [0, 0.05) is 18.7 Å². The summed E-state index contributed by atoms with van der Waals surface area (Å²) < 4.78 is 16.7. The van der Waals surface area contributed by atoms with E-state index >= 15 is 0 Å². The monoisotopic (exact) mass is 637 g/mol. The molecule has 0 saturated carbocycles. The summed E-state index contributed by atoms with van der Waals surface area (Å²) in [6.45, 7) is 8.94. The zero-order valence-corrected chi connectivity index (χ0v) is 26.5.